The van der Waals surface area contributed by atoms with Gasteiger partial charge in [0.05, 0.1) is 15.9 Å². The first kappa shape index (κ1) is 15.3. The van der Waals surface area contributed by atoms with E-state index in [1.54, 1.807) is 0 Å². The third-order valence-corrected chi connectivity index (χ3v) is 9.40. The summed E-state index contributed by atoms with van der Waals surface area (Å²) in [4.78, 5) is 20.9. The number of rotatable bonds is 4. The normalized spacial score (nSPS) is 46.8. The number of non-ortho nitro benzene ring substituents is 1. The van der Waals surface area contributed by atoms with Gasteiger partial charge in [0.25, 0.3) is 5.69 Å². The maximum absolute atomic E-state index is 11.3. The molecule has 0 radical (unpaired) electrons. The van der Waals surface area contributed by atoms with E-state index < -0.39 is 9.85 Å². The summed E-state index contributed by atoms with van der Waals surface area (Å²) in [6.07, 6.45) is 1.34. The second kappa shape index (κ2) is 4.73. The van der Waals surface area contributed by atoms with E-state index >= 15 is 0 Å². The fraction of sp³-hybridized carbons (Fsp3) is 0.588. The van der Waals surface area contributed by atoms with Crippen LogP contribution in [0.25, 0.3) is 0 Å². The number of halogens is 1. The largest absolute Gasteiger partial charge is 0.301 e. The van der Waals surface area contributed by atoms with Gasteiger partial charge in [-0.3, -0.25) is 25.7 Å². The van der Waals surface area contributed by atoms with Crippen LogP contribution in [0.3, 0.4) is 0 Å². The van der Waals surface area contributed by atoms with Crippen molar-refractivity contribution in [1.29, 1.82) is 0 Å². The van der Waals surface area contributed by atoms with E-state index in [0.717, 1.165) is 45.5 Å². The number of nitro groups is 2. The van der Waals surface area contributed by atoms with E-state index in [9.17, 15) is 20.2 Å². The van der Waals surface area contributed by atoms with E-state index in [4.69, 9.17) is 0 Å². The fourth-order valence-corrected chi connectivity index (χ4v) is 9.32. The van der Waals surface area contributed by atoms with Crippen LogP contribution in [0.2, 0.25) is 0 Å². The Hall–Kier alpha value is -1.78. The van der Waals surface area contributed by atoms with Crippen molar-refractivity contribution in [1.82, 2.24) is 0 Å². The number of nitrogens with one attached hydrogen (secondary N) is 1. The summed E-state index contributed by atoms with van der Waals surface area (Å²) in [6, 6.07) is 3.65. The molecule has 0 heterocycles. The van der Waals surface area contributed by atoms with Crippen molar-refractivity contribution in [2.45, 2.75) is 10.3 Å². The van der Waals surface area contributed by atoms with Crippen LogP contribution in [-0.4, -0.2) is 19.5 Å². The molecule has 0 aromatic heterocycles. The molecule has 7 rings (SSSR count). The van der Waals surface area contributed by atoms with Crippen LogP contribution in [0.1, 0.15) is 6.42 Å². The molecule has 1 aromatic rings. The maximum atomic E-state index is 11.3. The van der Waals surface area contributed by atoms with Gasteiger partial charge in [-0.25, -0.2) is 0 Å². The van der Waals surface area contributed by atoms with Gasteiger partial charge in [0.15, 0.2) is 0 Å². The highest BCUT2D eigenvalue weighted by atomic mass is 127. The molecule has 8 nitrogen and oxygen atoms in total. The van der Waals surface area contributed by atoms with Crippen LogP contribution >= 0.6 is 22.6 Å². The third-order valence-electron chi connectivity index (χ3n) is 7.73. The summed E-state index contributed by atoms with van der Waals surface area (Å²) in [6.45, 7) is 0. The first-order valence-corrected chi connectivity index (χ1v) is 10.1. The fourth-order valence-electron chi connectivity index (χ4n) is 7.38. The summed E-state index contributed by atoms with van der Waals surface area (Å²) >= 11 is 2.65. The molecule has 1 aromatic carbocycles. The van der Waals surface area contributed by atoms with Crippen LogP contribution < -0.4 is 5.43 Å². The molecule has 6 bridgehead atoms. The van der Waals surface area contributed by atoms with Crippen molar-refractivity contribution >= 4 is 45.4 Å². The van der Waals surface area contributed by atoms with Gasteiger partial charge >= 0.3 is 5.69 Å². The Balaban J connectivity index is 1.35. The number of benzene rings is 1. The molecule has 0 saturated heterocycles. The van der Waals surface area contributed by atoms with E-state index in [0.29, 0.717) is 11.8 Å². The Bertz CT molecular complexity index is 918. The lowest BCUT2D eigenvalue weighted by molar-refractivity contribution is -0.393. The Labute approximate surface area is 161 Å². The predicted octanol–water partition coefficient (Wildman–Crippen LogP) is 3.46. The molecule has 1 N–H and O–H groups in total. The first-order valence-electron chi connectivity index (χ1n) is 8.89. The molecule has 6 saturated carbocycles. The van der Waals surface area contributed by atoms with E-state index in [-0.39, 0.29) is 17.1 Å². The van der Waals surface area contributed by atoms with Crippen molar-refractivity contribution in [3.63, 3.8) is 0 Å². The van der Waals surface area contributed by atoms with Gasteiger partial charge in [-0.1, -0.05) is 22.6 Å². The Morgan fingerprint density at radius 3 is 2.50 bits per heavy atom. The summed E-state index contributed by atoms with van der Waals surface area (Å²) in [5.74, 6) is 5.89. The molecule has 6 aliphatic rings. The second-order valence-corrected chi connectivity index (χ2v) is 9.67. The van der Waals surface area contributed by atoms with Crippen LogP contribution in [0.4, 0.5) is 17.1 Å². The van der Waals surface area contributed by atoms with Gasteiger partial charge in [-0.15, -0.1) is 0 Å². The average molecular weight is 466 g/mol. The molecule has 6 fully saturated rings. The smallest absolute Gasteiger partial charge is 0.272 e. The Kier molecular flexibility index (Phi) is 2.78. The van der Waals surface area contributed by atoms with Crippen LogP contribution in [-0.2, 0) is 0 Å². The van der Waals surface area contributed by atoms with Crippen molar-refractivity contribution < 1.29 is 9.85 Å². The van der Waals surface area contributed by atoms with Crippen LogP contribution in [0, 0.1) is 67.6 Å². The average Bonchev–Trinajstić information content (AvgIpc) is 3.35. The molecule has 0 aliphatic heterocycles. The highest BCUT2D eigenvalue weighted by Crippen LogP contribution is 2.82. The summed E-state index contributed by atoms with van der Waals surface area (Å²) in [5.41, 5.74) is 3.72. The first-order chi connectivity index (χ1) is 12.5. The van der Waals surface area contributed by atoms with E-state index in [1.807, 2.05) is 0 Å². The molecule has 0 unspecified atom stereocenters. The number of anilines is 1. The number of nitro benzene ring substituents is 2. The number of hydrogen-bond donors (Lipinski definition) is 1. The number of nitrogens with zero attached hydrogens (tertiary/aromatic N) is 3. The minimum absolute atomic E-state index is 0.220. The second-order valence-electron chi connectivity index (χ2n) is 8.23. The van der Waals surface area contributed by atoms with Crippen molar-refractivity contribution in [2.75, 3.05) is 5.43 Å². The van der Waals surface area contributed by atoms with Gasteiger partial charge in [-0.05, 0) is 48.0 Å². The van der Waals surface area contributed by atoms with Crippen LogP contribution in [0.15, 0.2) is 23.3 Å². The molecule has 9 atom stereocenters. The van der Waals surface area contributed by atoms with Gasteiger partial charge in [-0.2, -0.15) is 5.10 Å². The number of alkyl halides is 1. The molecule has 26 heavy (non-hydrogen) atoms. The minimum atomic E-state index is -0.626. The van der Waals surface area contributed by atoms with Gasteiger partial charge in [0.1, 0.15) is 5.69 Å². The van der Waals surface area contributed by atoms with Crippen molar-refractivity contribution in [2.24, 2.45) is 52.4 Å². The third kappa shape index (κ3) is 1.55. The standard InChI is InChI=1S/C17H15IN4O4/c18-16-12-6-4-7-10(12)15-14(16)11(6)13(7)17(15)20-19-8-2-1-5(21(23)24)3-9(8)22(25)26/h1-3,6-7,10-16,19H,4H2/b20-17+/t6-,7+,10+,11-,12-,13-,14-,15+,16+/m0/s1. The Morgan fingerprint density at radius 1 is 1.04 bits per heavy atom. The van der Waals surface area contributed by atoms with Crippen molar-refractivity contribution in [3.8, 4) is 0 Å². The SMILES string of the molecule is O=[N+]([O-])c1ccc(N/N=C2\[C@H]3[C@@H]4C[C@@H]5[C@@H]6[C@@H](I)[C@H]([C@H]2[C@H]46)[C@@H]53)c([N+](=O)[O-])c1. The van der Waals surface area contributed by atoms with Gasteiger partial charge in [0, 0.05) is 27.5 Å². The molecule has 0 spiro atoms. The van der Waals surface area contributed by atoms with E-state index in [2.05, 4.69) is 33.1 Å². The molecule has 9 heteroatoms. The zero-order valence-electron chi connectivity index (χ0n) is 13.5. The number of hydrazone groups is 1. The quantitative estimate of drug-likeness (QED) is 0.316. The van der Waals surface area contributed by atoms with E-state index in [1.165, 1.54) is 24.3 Å². The molecule has 0 amide bonds. The Morgan fingerprint density at radius 2 is 1.81 bits per heavy atom. The lowest BCUT2D eigenvalue weighted by Crippen LogP contribution is -2.30. The lowest BCUT2D eigenvalue weighted by Gasteiger charge is -2.32. The highest BCUT2D eigenvalue weighted by molar-refractivity contribution is 14.1. The minimum Gasteiger partial charge on any atom is -0.272 e. The maximum Gasteiger partial charge on any atom is 0.301 e. The van der Waals surface area contributed by atoms with Crippen LogP contribution in [0.5, 0.6) is 0 Å². The van der Waals surface area contributed by atoms with Gasteiger partial charge < -0.3 is 0 Å². The topological polar surface area (TPSA) is 111 Å². The lowest BCUT2D eigenvalue weighted by atomic mass is 9.71. The van der Waals surface area contributed by atoms with Gasteiger partial charge in [0.2, 0.25) is 0 Å². The summed E-state index contributed by atoms with van der Waals surface area (Å²) in [7, 11) is 0. The molecular formula is C17H15IN4O4. The summed E-state index contributed by atoms with van der Waals surface area (Å²) in [5, 5.41) is 26.8. The van der Waals surface area contributed by atoms with Crippen molar-refractivity contribution in [3.05, 3.63) is 38.4 Å². The molecule has 6 aliphatic carbocycles. The zero-order chi connectivity index (χ0) is 17.9. The number of hydrogen-bond acceptors (Lipinski definition) is 6. The zero-order valence-corrected chi connectivity index (χ0v) is 15.6. The predicted molar refractivity (Wildman–Crippen MR) is 101 cm³/mol. The molecular weight excluding hydrogens is 451 g/mol. The molecule has 134 valence electrons. The monoisotopic (exact) mass is 466 g/mol. The highest BCUT2D eigenvalue weighted by Gasteiger charge is 2.82. The summed E-state index contributed by atoms with van der Waals surface area (Å²) < 4.78 is 0.758.